The Labute approximate surface area is 117 Å². The molecule has 0 bridgehead atoms. The summed E-state index contributed by atoms with van der Waals surface area (Å²) >= 11 is 11.7. The van der Waals surface area contributed by atoms with Crippen LogP contribution in [0.2, 0.25) is 10.0 Å². The van der Waals surface area contributed by atoms with Crippen LogP contribution in [0.1, 0.15) is 12.8 Å². The van der Waals surface area contributed by atoms with Crippen molar-refractivity contribution in [1.82, 2.24) is 5.32 Å². The summed E-state index contributed by atoms with van der Waals surface area (Å²) in [6.07, 6.45) is 1.52. The maximum Gasteiger partial charge on any atom is 0.236 e. The third-order valence-corrected chi connectivity index (χ3v) is 5.21. The lowest BCUT2D eigenvalue weighted by atomic mass is 10.2. The summed E-state index contributed by atoms with van der Waals surface area (Å²) < 4.78 is 26.8. The minimum atomic E-state index is -3.41. The molecule has 7 heteroatoms. The van der Waals surface area contributed by atoms with Gasteiger partial charge in [-0.2, -0.15) is 0 Å². The van der Waals surface area contributed by atoms with Gasteiger partial charge in [-0.3, -0.25) is 4.72 Å². The van der Waals surface area contributed by atoms with E-state index in [1.54, 1.807) is 12.1 Å². The van der Waals surface area contributed by atoms with Gasteiger partial charge in [0, 0.05) is 11.6 Å². The van der Waals surface area contributed by atoms with E-state index in [9.17, 15) is 8.42 Å². The molecule has 0 amide bonds. The lowest BCUT2D eigenvalue weighted by Gasteiger charge is -2.23. The molecule has 0 aliphatic carbocycles. The number of halogens is 2. The van der Waals surface area contributed by atoms with Crippen molar-refractivity contribution in [1.29, 1.82) is 0 Å². The smallest absolute Gasteiger partial charge is 0.236 e. The highest BCUT2D eigenvalue weighted by Crippen LogP contribution is 2.27. The van der Waals surface area contributed by atoms with Gasteiger partial charge in [-0.15, -0.1) is 0 Å². The van der Waals surface area contributed by atoms with Crippen molar-refractivity contribution in [2.75, 3.05) is 17.8 Å². The van der Waals surface area contributed by atoms with Gasteiger partial charge in [0.25, 0.3) is 0 Å². The molecular weight excluding hydrogens is 295 g/mol. The molecular formula is C11H14Cl2N2O2S. The van der Waals surface area contributed by atoms with E-state index in [0.29, 0.717) is 28.7 Å². The fraction of sp³-hybridized carbons (Fsp3) is 0.455. The first kappa shape index (κ1) is 13.9. The Kier molecular flexibility index (Phi) is 4.37. The zero-order chi connectivity index (χ0) is 13.2. The monoisotopic (exact) mass is 308 g/mol. The molecule has 1 aliphatic heterocycles. The topological polar surface area (TPSA) is 58.2 Å². The molecule has 1 aromatic rings. The van der Waals surface area contributed by atoms with Crippen molar-refractivity contribution in [3.05, 3.63) is 28.2 Å². The molecule has 1 unspecified atom stereocenters. The van der Waals surface area contributed by atoms with Gasteiger partial charge < -0.3 is 5.32 Å². The summed E-state index contributed by atoms with van der Waals surface area (Å²) in [5.74, 6) is 0. The van der Waals surface area contributed by atoms with E-state index >= 15 is 0 Å². The number of hydrogen-bond donors (Lipinski definition) is 2. The molecule has 1 fully saturated rings. The van der Waals surface area contributed by atoms with Crippen molar-refractivity contribution in [3.8, 4) is 0 Å². The van der Waals surface area contributed by atoms with Crippen molar-refractivity contribution in [2.24, 2.45) is 0 Å². The molecule has 100 valence electrons. The first-order valence-corrected chi connectivity index (χ1v) is 7.97. The van der Waals surface area contributed by atoms with E-state index in [2.05, 4.69) is 10.0 Å². The van der Waals surface area contributed by atoms with Gasteiger partial charge in [-0.05, 0) is 37.6 Å². The van der Waals surface area contributed by atoms with Crippen LogP contribution in [0.25, 0.3) is 0 Å². The molecule has 1 saturated heterocycles. The predicted octanol–water partition coefficient (Wildman–Crippen LogP) is 2.49. The Morgan fingerprint density at radius 2 is 2.11 bits per heavy atom. The highest BCUT2D eigenvalue weighted by molar-refractivity contribution is 7.93. The van der Waals surface area contributed by atoms with E-state index in [0.717, 1.165) is 13.0 Å². The fourth-order valence-corrected chi connectivity index (χ4v) is 3.87. The van der Waals surface area contributed by atoms with Crippen molar-refractivity contribution >= 4 is 38.9 Å². The highest BCUT2D eigenvalue weighted by atomic mass is 35.5. The van der Waals surface area contributed by atoms with Crippen LogP contribution in [0.5, 0.6) is 0 Å². The standard InChI is InChI=1S/C11H14Cl2N2O2S/c12-8-3-4-11(10(13)6-8)15-18(16,17)9-2-1-5-14-7-9/h3-4,6,9,14-15H,1-2,5,7H2. The van der Waals surface area contributed by atoms with Crippen LogP contribution in [-0.4, -0.2) is 26.8 Å². The van der Waals surface area contributed by atoms with Crippen LogP contribution in [0, 0.1) is 0 Å². The second kappa shape index (κ2) is 5.65. The fourth-order valence-electron chi connectivity index (χ4n) is 1.89. The molecule has 1 aliphatic rings. The van der Waals surface area contributed by atoms with Gasteiger partial charge in [0.1, 0.15) is 0 Å². The van der Waals surface area contributed by atoms with Crippen molar-refractivity contribution in [3.63, 3.8) is 0 Å². The molecule has 18 heavy (non-hydrogen) atoms. The average Bonchev–Trinajstić information content (AvgIpc) is 2.34. The number of piperidine rings is 1. The first-order chi connectivity index (χ1) is 8.49. The van der Waals surface area contributed by atoms with Gasteiger partial charge in [-0.25, -0.2) is 8.42 Å². The number of hydrogen-bond acceptors (Lipinski definition) is 3. The number of nitrogens with one attached hydrogen (secondary N) is 2. The molecule has 0 radical (unpaired) electrons. The zero-order valence-electron chi connectivity index (χ0n) is 9.62. The van der Waals surface area contributed by atoms with Crippen LogP contribution in [-0.2, 0) is 10.0 Å². The van der Waals surface area contributed by atoms with Crippen LogP contribution in [0.15, 0.2) is 18.2 Å². The van der Waals surface area contributed by atoms with E-state index in [4.69, 9.17) is 23.2 Å². The van der Waals surface area contributed by atoms with E-state index in [1.807, 2.05) is 0 Å². The second-order valence-electron chi connectivity index (χ2n) is 4.24. The predicted molar refractivity (Wildman–Crippen MR) is 74.9 cm³/mol. The van der Waals surface area contributed by atoms with Gasteiger partial charge in [-0.1, -0.05) is 23.2 Å². The van der Waals surface area contributed by atoms with Gasteiger partial charge in [0.2, 0.25) is 10.0 Å². The summed E-state index contributed by atoms with van der Waals surface area (Å²) in [4.78, 5) is 0. The Hall–Kier alpha value is -0.490. The summed E-state index contributed by atoms with van der Waals surface area (Å²) in [6.45, 7) is 1.34. The van der Waals surface area contributed by atoms with E-state index < -0.39 is 15.3 Å². The van der Waals surface area contributed by atoms with Gasteiger partial charge in [0.05, 0.1) is 16.0 Å². The number of benzene rings is 1. The SMILES string of the molecule is O=S(=O)(Nc1ccc(Cl)cc1Cl)C1CCCNC1. The van der Waals surface area contributed by atoms with E-state index in [1.165, 1.54) is 6.07 Å². The third kappa shape index (κ3) is 3.29. The molecule has 1 heterocycles. The first-order valence-electron chi connectivity index (χ1n) is 5.66. The van der Waals surface area contributed by atoms with Crippen LogP contribution in [0.4, 0.5) is 5.69 Å². The number of rotatable bonds is 3. The maximum absolute atomic E-state index is 12.1. The number of anilines is 1. The zero-order valence-corrected chi connectivity index (χ0v) is 11.9. The van der Waals surface area contributed by atoms with Crippen LogP contribution < -0.4 is 10.0 Å². The maximum atomic E-state index is 12.1. The Morgan fingerprint density at radius 3 is 2.72 bits per heavy atom. The van der Waals surface area contributed by atoms with E-state index in [-0.39, 0.29) is 0 Å². The molecule has 0 saturated carbocycles. The molecule has 0 spiro atoms. The quantitative estimate of drug-likeness (QED) is 0.902. The average molecular weight is 309 g/mol. The second-order valence-corrected chi connectivity index (χ2v) is 7.04. The number of sulfonamides is 1. The minimum absolute atomic E-state index is 0.301. The highest BCUT2D eigenvalue weighted by Gasteiger charge is 2.27. The van der Waals surface area contributed by atoms with Crippen LogP contribution >= 0.6 is 23.2 Å². The lowest BCUT2D eigenvalue weighted by Crippen LogP contribution is -2.41. The Morgan fingerprint density at radius 1 is 1.33 bits per heavy atom. The van der Waals surface area contributed by atoms with Gasteiger partial charge >= 0.3 is 0 Å². The third-order valence-electron chi connectivity index (χ3n) is 2.87. The Bertz CT molecular complexity index is 528. The minimum Gasteiger partial charge on any atom is -0.315 e. The van der Waals surface area contributed by atoms with Crippen molar-refractivity contribution < 1.29 is 8.42 Å². The lowest BCUT2D eigenvalue weighted by molar-refractivity contribution is 0.499. The van der Waals surface area contributed by atoms with Crippen LogP contribution in [0.3, 0.4) is 0 Å². The summed E-state index contributed by atoms with van der Waals surface area (Å²) in [5, 5.41) is 3.43. The Balaban J connectivity index is 2.16. The summed E-state index contributed by atoms with van der Waals surface area (Å²) in [6, 6.07) is 4.68. The molecule has 2 rings (SSSR count). The molecule has 4 nitrogen and oxygen atoms in total. The summed E-state index contributed by atoms with van der Waals surface area (Å²) in [7, 11) is -3.41. The normalized spacial score (nSPS) is 20.7. The van der Waals surface area contributed by atoms with Gasteiger partial charge in [0.15, 0.2) is 0 Å². The molecule has 2 N–H and O–H groups in total. The molecule has 1 atom stereocenters. The molecule has 1 aromatic carbocycles. The van der Waals surface area contributed by atoms with Crippen molar-refractivity contribution in [2.45, 2.75) is 18.1 Å². The summed E-state index contributed by atoms with van der Waals surface area (Å²) in [5.41, 5.74) is 0.367. The largest absolute Gasteiger partial charge is 0.315 e. The molecule has 0 aromatic heterocycles.